The molecular weight excluding hydrogens is 336 g/mol. The van der Waals surface area contributed by atoms with Gasteiger partial charge in [-0.25, -0.2) is 9.67 Å². The molecule has 0 unspecified atom stereocenters. The average Bonchev–Trinajstić information content (AvgIpc) is 3.17. The van der Waals surface area contributed by atoms with E-state index in [2.05, 4.69) is 25.7 Å². The van der Waals surface area contributed by atoms with Gasteiger partial charge in [-0.15, -0.1) is 0 Å². The second-order valence-corrected chi connectivity index (χ2v) is 5.82. The normalized spacial score (nSPS) is 11.4. The molecule has 0 aliphatic carbocycles. The molecule has 0 saturated heterocycles. The van der Waals surface area contributed by atoms with Crippen LogP contribution in [0.3, 0.4) is 0 Å². The molecule has 0 amide bonds. The van der Waals surface area contributed by atoms with E-state index in [1.54, 1.807) is 24.1 Å². The number of hydrogen-bond acceptors (Lipinski definition) is 3. The van der Waals surface area contributed by atoms with Gasteiger partial charge in [0.1, 0.15) is 0 Å². The molecule has 0 aliphatic heterocycles. The van der Waals surface area contributed by atoms with Crippen LogP contribution in [0.15, 0.2) is 66.0 Å². The maximum Gasteiger partial charge on any atom is 0.191 e. The third-order valence-corrected chi connectivity index (χ3v) is 3.82. The van der Waals surface area contributed by atoms with Gasteiger partial charge in [-0.1, -0.05) is 23.7 Å². The largest absolute Gasteiger partial charge is 0.352 e. The Morgan fingerprint density at radius 2 is 1.88 bits per heavy atom. The quantitative estimate of drug-likeness (QED) is 0.546. The second kappa shape index (κ2) is 8.30. The summed E-state index contributed by atoms with van der Waals surface area (Å²) in [6.07, 6.45) is 5.37. The Labute approximate surface area is 151 Å². The predicted molar refractivity (Wildman–Crippen MR) is 99.8 cm³/mol. The number of guanidine groups is 1. The first-order valence-corrected chi connectivity index (χ1v) is 8.26. The number of halogens is 1. The van der Waals surface area contributed by atoms with E-state index in [4.69, 9.17) is 11.6 Å². The lowest BCUT2D eigenvalue weighted by molar-refractivity contribution is 0.800. The molecule has 0 spiro atoms. The van der Waals surface area contributed by atoms with Crippen LogP contribution in [0.4, 0.5) is 0 Å². The van der Waals surface area contributed by atoms with Gasteiger partial charge in [0.2, 0.25) is 0 Å². The Bertz CT molecular complexity index is 844. The molecule has 2 aromatic heterocycles. The summed E-state index contributed by atoms with van der Waals surface area (Å²) < 4.78 is 1.73. The summed E-state index contributed by atoms with van der Waals surface area (Å²) in [5.41, 5.74) is 2.19. The van der Waals surface area contributed by atoms with E-state index >= 15 is 0 Å². The number of nitrogens with one attached hydrogen (secondary N) is 2. The lowest BCUT2D eigenvalue weighted by Gasteiger charge is -2.12. The van der Waals surface area contributed by atoms with Crippen LogP contribution < -0.4 is 10.6 Å². The molecule has 0 bridgehead atoms. The molecule has 6 nitrogen and oxygen atoms in total. The molecule has 3 rings (SSSR count). The van der Waals surface area contributed by atoms with Crippen LogP contribution in [0.5, 0.6) is 0 Å². The number of aromatic nitrogens is 3. The maximum atomic E-state index is 6.01. The minimum absolute atomic E-state index is 0.631. The van der Waals surface area contributed by atoms with Crippen molar-refractivity contribution in [2.75, 3.05) is 7.05 Å². The summed E-state index contributed by atoms with van der Waals surface area (Å²) >= 11 is 6.01. The third kappa shape index (κ3) is 4.81. The maximum absolute atomic E-state index is 6.01. The minimum Gasteiger partial charge on any atom is -0.352 e. The van der Waals surface area contributed by atoms with E-state index in [1.165, 1.54) is 0 Å². The second-order valence-electron chi connectivity index (χ2n) is 5.38. The van der Waals surface area contributed by atoms with Gasteiger partial charge < -0.3 is 10.6 Å². The number of aliphatic imine (C=N–C) groups is 1. The number of hydrogen-bond donors (Lipinski definition) is 2. The summed E-state index contributed by atoms with van der Waals surface area (Å²) in [6.45, 7) is 1.28. The van der Waals surface area contributed by atoms with Gasteiger partial charge in [-0.05, 0) is 41.5 Å². The van der Waals surface area contributed by atoms with Crippen molar-refractivity contribution in [1.29, 1.82) is 0 Å². The third-order valence-electron chi connectivity index (χ3n) is 3.58. The molecule has 0 fully saturated rings. The van der Waals surface area contributed by atoms with Crippen LogP contribution in [0.1, 0.15) is 11.1 Å². The molecule has 3 aromatic rings. The average molecular weight is 355 g/mol. The molecule has 0 saturated carbocycles. The van der Waals surface area contributed by atoms with Crippen LogP contribution in [0.25, 0.3) is 5.82 Å². The summed E-state index contributed by atoms with van der Waals surface area (Å²) in [6, 6.07) is 13.6. The van der Waals surface area contributed by atoms with Gasteiger partial charge in [-0.2, -0.15) is 5.10 Å². The molecule has 0 aliphatic rings. The van der Waals surface area contributed by atoms with Crippen molar-refractivity contribution < 1.29 is 0 Å². The number of benzene rings is 1. The zero-order valence-electron chi connectivity index (χ0n) is 13.9. The Balaban J connectivity index is 1.57. The highest BCUT2D eigenvalue weighted by Crippen LogP contribution is 2.10. The molecular formula is C18H19ClN6. The van der Waals surface area contributed by atoms with Crippen LogP contribution in [-0.4, -0.2) is 27.8 Å². The van der Waals surface area contributed by atoms with Crippen LogP contribution in [0, 0.1) is 0 Å². The highest BCUT2D eigenvalue weighted by molar-refractivity contribution is 6.30. The first kappa shape index (κ1) is 17.0. The van der Waals surface area contributed by atoms with Gasteiger partial charge in [0, 0.05) is 43.8 Å². The summed E-state index contributed by atoms with van der Waals surface area (Å²) in [5.74, 6) is 1.50. The Morgan fingerprint density at radius 3 is 2.56 bits per heavy atom. The number of rotatable bonds is 5. The number of nitrogens with zero attached hydrogens (tertiary/aromatic N) is 4. The molecule has 2 N–H and O–H groups in total. The van der Waals surface area contributed by atoms with Gasteiger partial charge in [-0.3, -0.25) is 4.99 Å². The van der Waals surface area contributed by atoms with Crippen molar-refractivity contribution in [3.05, 3.63) is 77.2 Å². The molecule has 7 heteroatoms. The standard InChI is InChI=1S/C18H19ClN6/c1-20-18(22-12-14-4-2-5-16(19)10-14)23-13-15-6-8-21-17(11-15)25-9-3-7-24-25/h2-11H,12-13H2,1H3,(H2,20,22,23). The van der Waals surface area contributed by atoms with E-state index in [1.807, 2.05) is 48.7 Å². The van der Waals surface area contributed by atoms with Gasteiger partial charge in [0.05, 0.1) is 0 Å². The van der Waals surface area contributed by atoms with Crippen molar-refractivity contribution in [2.24, 2.45) is 4.99 Å². The van der Waals surface area contributed by atoms with E-state index in [0.29, 0.717) is 13.1 Å². The molecule has 0 radical (unpaired) electrons. The minimum atomic E-state index is 0.631. The zero-order valence-corrected chi connectivity index (χ0v) is 14.6. The van der Waals surface area contributed by atoms with E-state index < -0.39 is 0 Å². The van der Waals surface area contributed by atoms with E-state index in [-0.39, 0.29) is 0 Å². The van der Waals surface area contributed by atoms with Gasteiger partial charge >= 0.3 is 0 Å². The van der Waals surface area contributed by atoms with E-state index in [0.717, 1.165) is 27.9 Å². The van der Waals surface area contributed by atoms with E-state index in [9.17, 15) is 0 Å². The summed E-state index contributed by atoms with van der Waals surface area (Å²) in [7, 11) is 1.75. The highest BCUT2D eigenvalue weighted by Gasteiger charge is 2.02. The fraction of sp³-hybridized carbons (Fsp3) is 0.167. The fourth-order valence-corrected chi connectivity index (χ4v) is 2.55. The van der Waals surface area contributed by atoms with Gasteiger partial charge in [0.25, 0.3) is 0 Å². The van der Waals surface area contributed by atoms with Crippen LogP contribution in [-0.2, 0) is 13.1 Å². The zero-order chi connectivity index (χ0) is 17.5. The molecule has 0 atom stereocenters. The van der Waals surface area contributed by atoms with Crippen LogP contribution >= 0.6 is 11.6 Å². The van der Waals surface area contributed by atoms with Crippen molar-refractivity contribution >= 4 is 17.6 Å². The lowest BCUT2D eigenvalue weighted by atomic mass is 10.2. The van der Waals surface area contributed by atoms with Crippen molar-refractivity contribution in [1.82, 2.24) is 25.4 Å². The summed E-state index contributed by atoms with van der Waals surface area (Å²) in [4.78, 5) is 8.57. The van der Waals surface area contributed by atoms with Crippen molar-refractivity contribution in [3.63, 3.8) is 0 Å². The van der Waals surface area contributed by atoms with Crippen molar-refractivity contribution in [2.45, 2.75) is 13.1 Å². The number of pyridine rings is 1. The first-order chi connectivity index (χ1) is 12.2. The van der Waals surface area contributed by atoms with Crippen molar-refractivity contribution in [3.8, 4) is 5.82 Å². The Morgan fingerprint density at radius 1 is 1.08 bits per heavy atom. The monoisotopic (exact) mass is 354 g/mol. The fourth-order valence-electron chi connectivity index (χ4n) is 2.34. The summed E-state index contributed by atoms with van der Waals surface area (Å²) in [5, 5.41) is 11.5. The lowest BCUT2D eigenvalue weighted by Crippen LogP contribution is -2.36. The molecule has 1 aromatic carbocycles. The smallest absolute Gasteiger partial charge is 0.191 e. The molecule has 25 heavy (non-hydrogen) atoms. The SMILES string of the molecule is CN=C(NCc1cccc(Cl)c1)NCc1ccnc(-n2cccn2)c1. The van der Waals surface area contributed by atoms with Gasteiger partial charge in [0.15, 0.2) is 11.8 Å². The Hall–Kier alpha value is -2.86. The topological polar surface area (TPSA) is 67.1 Å². The Kier molecular flexibility index (Phi) is 5.64. The predicted octanol–water partition coefficient (Wildman–Crippen LogP) is 2.79. The highest BCUT2D eigenvalue weighted by atomic mass is 35.5. The molecule has 128 valence electrons. The molecule has 2 heterocycles. The van der Waals surface area contributed by atoms with Crippen LogP contribution in [0.2, 0.25) is 5.02 Å². The first-order valence-electron chi connectivity index (χ1n) is 7.88.